The molecule has 0 aromatic heterocycles. The molecule has 4 heteroatoms. The lowest BCUT2D eigenvalue weighted by Crippen LogP contribution is -2.44. The molecule has 2 rings (SSSR count). The number of anilines is 1. The molecule has 0 unspecified atom stereocenters. The highest BCUT2D eigenvalue weighted by Crippen LogP contribution is 2.27. The number of aryl methyl sites for hydroxylation is 2. The Balaban J connectivity index is 2.24. The smallest absolute Gasteiger partial charge is 0.237 e. The zero-order chi connectivity index (χ0) is 14.7. The van der Waals surface area contributed by atoms with Crippen LogP contribution in [0.3, 0.4) is 0 Å². The molecule has 1 aliphatic heterocycles. The number of nitriles is 1. The van der Waals surface area contributed by atoms with Crippen LogP contribution in [0.15, 0.2) is 18.2 Å². The van der Waals surface area contributed by atoms with Gasteiger partial charge in [-0.15, -0.1) is 0 Å². The highest BCUT2D eigenvalue weighted by molar-refractivity contribution is 6.09. The van der Waals surface area contributed by atoms with Crippen LogP contribution in [0, 0.1) is 31.1 Å². The number of benzene rings is 1. The summed E-state index contributed by atoms with van der Waals surface area (Å²) in [5, 5.41) is 8.61. The quantitative estimate of drug-likeness (QED) is 0.793. The zero-order valence-electron chi connectivity index (χ0n) is 11.8. The summed E-state index contributed by atoms with van der Waals surface area (Å²) < 4.78 is 0. The van der Waals surface area contributed by atoms with Crippen LogP contribution >= 0.6 is 0 Å². The van der Waals surface area contributed by atoms with Crippen LogP contribution in [0.25, 0.3) is 0 Å². The summed E-state index contributed by atoms with van der Waals surface area (Å²) in [6, 6.07) is 7.71. The molecule has 0 N–H and O–H groups in total. The average molecular weight is 270 g/mol. The molecule has 1 aromatic carbocycles. The van der Waals surface area contributed by atoms with Gasteiger partial charge in [-0.3, -0.25) is 9.59 Å². The number of ketones is 1. The van der Waals surface area contributed by atoms with Gasteiger partial charge in [0, 0.05) is 12.2 Å². The first-order chi connectivity index (χ1) is 9.54. The van der Waals surface area contributed by atoms with Gasteiger partial charge in [-0.25, -0.2) is 0 Å². The maximum absolute atomic E-state index is 12.4. The van der Waals surface area contributed by atoms with Crippen LogP contribution < -0.4 is 4.90 Å². The third-order valence-corrected chi connectivity index (χ3v) is 3.88. The third-order valence-electron chi connectivity index (χ3n) is 3.88. The maximum atomic E-state index is 12.4. The van der Waals surface area contributed by atoms with E-state index >= 15 is 0 Å². The van der Waals surface area contributed by atoms with Crippen LogP contribution in [0.1, 0.15) is 30.4 Å². The Hall–Kier alpha value is -2.15. The van der Waals surface area contributed by atoms with Crippen LogP contribution in [-0.4, -0.2) is 18.2 Å². The van der Waals surface area contributed by atoms with Crippen LogP contribution in [-0.2, 0) is 9.59 Å². The molecular formula is C16H18N2O2. The van der Waals surface area contributed by atoms with Gasteiger partial charge in [0.15, 0.2) is 5.78 Å². The largest absolute Gasteiger partial charge is 0.312 e. The summed E-state index contributed by atoms with van der Waals surface area (Å²) in [5.74, 6) is -1.07. The van der Waals surface area contributed by atoms with E-state index in [0.29, 0.717) is 13.0 Å². The third kappa shape index (κ3) is 2.72. The number of nitrogens with zero attached hydrogens (tertiary/aromatic N) is 2. The average Bonchev–Trinajstić information content (AvgIpc) is 2.42. The van der Waals surface area contributed by atoms with Gasteiger partial charge in [0.2, 0.25) is 5.91 Å². The van der Waals surface area contributed by atoms with Crippen molar-refractivity contribution < 1.29 is 9.59 Å². The lowest BCUT2D eigenvalue weighted by Gasteiger charge is -2.31. The summed E-state index contributed by atoms with van der Waals surface area (Å²) >= 11 is 0. The number of amides is 1. The molecule has 0 saturated carbocycles. The highest BCUT2D eigenvalue weighted by atomic mass is 16.2. The van der Waals surface area contributed by atoms with Gasteiger partial charge >= 0.3 is 0 Å². The van der Waals surface area contributed by atoms with Gasteiger partial charge in [0.05, 0.1) is 18.4 Å². The van der Waals surface area contributed by atoms with Gasteiger partial charge in [-0.05, 0) is 49.9 Å². The van der Waals surface area contributed by atoms with Crippen molar-refractivity contribution in [3.05, 3.63) is 29.3 Å². The number of hydrogen-bond donors (Lipinski definition) is 0. The van der Waals surface area contributed by atoms with Crippen molar-refractivity contribution in [2.24, 2.45) is 5.92 Å². The fourth-order valence-electron chi connectivity index (χ4n) is 2.52. The maximum Gasteiger partial charge on any atom is 0.237 e. The van der Waals surface area contributed by atoms with E-state index in [1.54, 1.807) is 4.90 Å². The highest BCUT2D eigenvalue weighted by Gasteiger charge is 2.34. The molecule has 0 bridgehead atoms. The molecule has 1 amide bonds. The van der Waals surface area contributed by atoms with E-state index in [1.807, 2.05) is 38.1 Å². The lowest BCUT2D eigenvalue weighted by atomic mass is 9.91. The Labute approximate surface area is 119 Å². The van der Waals surface area contributed by atoms with E-state index < -0.39 is 5.92 Å². The van der Waals surface area contributed by atoms with Crippen molar-refractivity contribution in [2.45, 2.75) is 33.1 Å². The fraction of sp³-hybridized carbons (Fsp3) is 0.438. The number of rotatable bonds is 3. The molecule has 0 aliphatic carbocycles. The number of Topliss-reactive ketones (excluding diaryl/α,β-unsaturated/α-hetero) is 1. The molecule has 0 spiro atoms. The van der Waals surface area contributed by atoms with Crippen molar-refractivity contribution in [2.75, 3.05) is 11.4 Å². The van der Waals surface area contributed by atoms with E-state index in [2.05, 4.69) is 0 Å². The minimum absolute atomic E-state index is 0.167. The summed E-state index contributed by atoms with van der Waals surface area (Å²) in [4.78, 5) is 25.9. The Morgan fingerprint density at radius 1 is 1.40 bits per heavy atom. The molecule has 4 nitrogen and oxygen atoms in total. The van der Waals surface area contributed by atoms with Gasteiger partial charge in [-0.2, -0.15) is 5.26 Å². The zero-order valence-corrected chi connectivity index (χ0v) is 11.8. The van der Waals surface area contributed by atoms with Gasteiger partial charge in [0.25, 0.3) is 0 Å². The van der Waals surface area contributed by atoms with Gasteiger partial charge < -0.3 is 4.90 Å². The molecule has 0 radical (unpaired) electrons. The number of hydrogen-bond acceptors (Lipinski definition) is 3. The van der Waals surface area contributed by atoms with Crippen molar-refractivity contribution in [3.8, 4) is 6.07 Å². The van der Waals surface area contributed by atoms with E-state index in [0.717, 1.165) is 17.7 Å². The minimum atomic E-state index is -0.648. The Kier molecular flexibility index (Phi) is 4.19. The topological polar surface area (TPSA) is 61.2 Å². The molecule has 1 saturated heterocycles. The Bertz CT molecular complexity index is 587. The number of piperidine rings is 1. The summed E-state index contributed by atoms with van der Waals surface area (Å²) in [7, 11) is 0. The van der Waals surface area contributed by atoms with Crippen LogP contribution in [0.2, 0.25) is 0 Å². The second-order valence-electron chi connectivity index (χ2n) is 5.25. The second-order valence-corrected chi connectivity index (χ2v) is 5.25. The molecule has 20 heavy (non-hydrogen) atoms. The summed E-state index contributed by atoms with van der Waals surface area (Å²) in [6.45, 7) is 4.67. The molecule has 1 atom stereocenters. The van der Waals surface area contributed by atoms with Crippen molar-refractivity contribution in [3.63, 3.8) is 0 Å². The van der Waals surface area contributed by atoms with E-state index in [1.165, 1.54) is 5.56 Å². The van der Waals surface area contributed by atoms with E-state index in [-0.39, 0.29) is 18.1 Å². The first-order valence-corrected chi connectivity index (χ1v) is 6.83. The van der Waals surface area contributed by atoms with Gasteiger partial charge in [-0.1, -0.05) is 6.07 Å². The number of carbonyl (C=O) groups excluding carboxylic acids is 2. The Morgan fingerprint density at radius 2 is 2.15 bits per heavy atom. The molecule has 1 fully saturated rings. The predicted octanol–water partition coefficient (Wildman–Crippen LogP) is 2.53. The molecule has 1 aliphatic rings. The SMILES string of the molecule is Cc1ccc(N2CCC[C@@H](C(=O)CC#N)C2=O)cc1C. The minimum Gasteiger partial charge on any atom is -0.312 e. The van der Waals surface area contributed by atoms with Crippen molar-refractivity contribution in [1.82, 2.24) is 0 Å². The molecule has 104 valence electrons. The summed E-state index contributed by atoms with van der Waals surface area (Å²) in [6.07, 6.45) is 1.17. The van der Waals surface area contributed by atoms with Gasteiger partial charge in [0.1, 0.15) is 0 Å². The standard InChI is InChI=1S/C16H18N2O2/c1-11-5-6-13(10-12(11)2)18-9-3-4-14(16(18)20)15(19)7-8-17/h5-6,10,14H,3-4,7,9H2,1-2H3/t14-/m0/s1. The van der Waals surface area contributed by atoms with E-state index in [9.17, 15) is 9.59 Å². The van der Waals surface area contributed by atoms with Crippen LogP contribution in [0.5, 0.6) is 0 Å². The molecule has 1 aromatic rings. The van der Waals surface area contributed by atoms with Crippen LogP contribution in [0.4, 0.5) is 5.69 Å². The first kappa shape index (κ1) is 14.3. The number of carbonyl (C=O) groups is 2. The summed E-state index contributed by atoms with van der Waals surface area (Å²) in [5.41, 5.74) is 3.14. The first-order valence-electron chi connectivity index (χ1n) is 6.83. The monoisotopic (exact) mass is 270 g/mol. The van der Waals surface area contributed by atoms with Crippen molar-refractivity contribution in [1.29, 1.82) is 5.26 Å². The normalized spacial score (nSPS) is 18.8. The second kappa shape index (κ2) is 5.87. The molecular weight excluding hydrogens is 252 g/mol. The fourth-order valence-corrected chi connectivity index (χ4v) is 2.52. The van der Waals surface area contributed by atoms with E-state index in [4.69, 9.17) is 5.26 Å². The lowest BCUT2D eigenvalue weighted by molar-refractivity contribution is -0.133. The van der Waals surface area contributed by atoms with Crippen molar-refractivity contribution >= 4 is 17.4 Å². The predicted molar refractivity (Wildman–Crippen MR) is 76.2 cm³/mol. The Morgan fingerprint density at radius 3 is 2.80 bits per heavy atom. The molecule has 1 heterocycles.